The lowest BCUT2D eigenvalue weighted by molar-refractivity contribution is -0.113. The third kappa shape index (κ3) is 4.60. The van der Waals surface area contributed by atoms with E-state index in [1.807, 2.05) is 47.2 Å². The average molecular weight is 384 g/mol. The normalized spacial score (nSPS) is 11.6. The lowest BCUT2D eigenvalue weighted by atomic mass is 9.92. The van der Waals surface area contributed by atoms with Gasteiger partial charge in [-0.3, -0.25) is 4.79 Å². The van der Waals surface area contributed by atoms with Gasteiger partial charge in [-0.1, -0.05) is 50.7 Å². The molecule has 142 valence electrons. The molecule has 0 fully saturated rings. The number of rotatable bonds is 6. The van der Waals surface area contributed by atoms with Gasteiger partial charge in [0.25, 0.3) is 0 Å². The van der Waals surface area contributed by atoms with Gasteiger partial charge in [-0.05, 0) is 19.1 Å². The Balaban J connectivity index is 1.79. The Morgan fingerprint density at radius 1 is 1.22 bits per heavy atom. The molecule has 1 amide bonds. The highest BCUT2D eigenvalue weighted by Crippen LogP contribution is 2.26. The lowest BCUT2D eigenvalue weighted by Crippen LogP contribution is -2.17. The Morgan fingerprint density at radius 3 is 2.63 bits per heavy atom. The van der Waals surface area contributed by atoms with Gasteiger partial charge in [-0.2, -0.15) is 5.10 Å². The molecule has 6 nitrogen and oxygen atoms in total. The second-order valence-electron chi connectivity index (χ2n) is 7.24. The molecule has 2 heterocycles. The van der Waals surface area contributed by atoms with Crippen molar-refractivity contribution in [1.29, 1.82) is 0 Å². The van der Waals surface area contributed by atoms with Crippen LogP contribution in [0.2, 0.25) is 0 Å². The lowest BCUT2D eigenvalue weighted by Gasteiger charge is -2.14. The molecule has 0 saturated carbocycles. The smallest absolute Gasteiger partial charge is 0.236 e. The van der Waals surface area contributed by atoms with Gasteiger partial charge in [0.15, 0.2) is 5.16 Å². The minimum absolute atomic E-state index is 0.0804. The van der Waals surface area contributed by atoms with E-state index in [9.17, 15) is 4.79 Å². The van der Waals surface area contributed by atoms with Crippen LogP contribution in [0, 0.1) is 0 Å². The van der Waals surface area contributed by atoms with Crippen molar-refractivity contribution in [2.75, 3.05) is 11.1 Å². The van der Waals surface area contributed by atoms with Gasteiger partial charge >= 0.3 is 0 Å². The van der Waals surface area contributed by atoms with E-state index in [2.05, 4.69) is 38.0 Å². The number of thioether (sulfide) groups is 1. The summed E-state index contributed by atoms with van der Waals surface area (Å²) >= 11 is 1.43. The molecule has 0 unspecified atom stereocenters. The van der Waals surface area contributed by atoms with Crippen LogP contribution in [0.15, 0.2) is 53.9 Å². The molecule has 0 saturated heterocycles. The Kier molecular flexibility index (Phi) is 5.70. The van der Waals surface area contributed by atoms with Crippen LogP contribution in [0.1, 0.15) is 33.4 Å². The molecular formula is C20H25N5OS. The van der Waals surface area contributed by atoms with E-state index in [1.54, 1.807) is 10.9 Å². The second kappa shape index (κ2) is 8.00. The van der Waals surface area contributed by atoms with Gasteiger partial charge in [0.1, 0.15) is 5.82 Å². The number of aryl methyl sites for hydroxylation is 1. The summed E-state index contributed by atoms with van der Waals surface area (Å²) in [6.07, 6.45) is 3.67. The summed E-state index contributed by atoms with van der Waals surface area (Å²) in [5.74, 6) is 0.890. The molecule has 0 aliphatic rings. The third-order valence-electron chi connectivity index (χ3n) is 4.10. The first-order valence-electron chi connectivity index (χ1n) is 8.98. The average Bonchev–Trinajstić information content (AvgIpc) is 3.27. The number of hydrogen-bond donors (Lipinski definition) is 1. The number of nitrogens with zero attached hydrogens (tertiary/aromatic N) is 4. The third-order valence-corrected chi connectivity index (χ3v) is 5.10. The number of aromatic nitrogens is 4. The Hall–Kier alpha value is -2.54. The number of imidazole rings is 1. The molecule has 0 bridgehead atoms. The highest BCUT2D eigenvalue weighted by molar-refractivity contribution is 7.99. The summed E-state index contributed by atoms with van der Waals surface area (Å²) in [6, 6.07) is 11.8. The summed E-state index contributed by atoms with van der Waals surface area (Å²) in [7, 11) is 0. The Bertz CT molecular complexity index is 908. The molecular weight excluding hydrogens is 358 g/mol. The van der Waals surface area contributed by atoms with E-state index < -0.39 is 0 Å². The molecule has 0 atom stereocenters. The maximum atomic E-state index is 12.5. The van der Waals surface area contributed by atoms with Crippen LogP contribution in [0.4, 0.5) is 5.82 Å². The van der Waals surface area contributed by atoms with Crippen molar-refractivity contribution in [2.24, 2.45) is 0 Å². The molecule has 3 aromatic rings. The summed E-state index contributed by atoms with van der Waals surface area (Å²) in [5.41, 5.74) is 1.73. The van der Waals surface area contributed by atoms with E-state index in [4.69, 9.17) is 5.10 Å². The predicted octanol–water partition coefficient (Wildman–Crippen LogP) is 4.12. The fourth-order valence-corrected chi connectivity index (χ4v) is 3.41. The van der Waals surface area contributed by atoms with Gasteiger partial charge < -0.3 is 9.88 Å². The van der Waals surface area contributed by atoms with Crippen LogP contribution in [0.25, 0.3) is 5.69 Å². The first-order chi connectivity index (χ1) is 12.9. The Morgan fingerprint density at radius 2 is 1.96 bits per heavy atom. The van der Waals surface area contributed by atoms with Crippen molar-refractivity contribution in [2.45, 2.75) is 44.8 Å². The molecule has 3 rings (SSSR count). The molecule has 0 radical (unpaired) electrons. The predicted molar refractivity (Wildman–Crippen MR) is 110 cm³/mol. The minimum atomic E-state index is -0.111. The largest absolute Gasteiger partial charge is 0.326 e. The number of carbonyl (C=O) groups is 1. The van der Waals surface area contributed by atoms with E-state index in [1.165, 1.54) is 11.8 Å². The molecule has 0 aliphatic heterocycles. The van der Waals surface area contributed by atoms with Crippen molar-refractivity contribution < 1.29 is 4.79 Å². The second-order valence-corrected chi connectivity index (χ2v) is 8.19. The monoisotopic (exact) mass is 383 g/mol. The number of carbonyl (C=O) groups excluding carboxylic acids is 1. The van der Waals surface area contributed by atoms with Gasteiger partial charge in [-0.15, -0.1) is 0 Å². The fraction of sp³-hybridized carbons (Fsp3) is 0.350. The quantitative estimate of drug-likeness (QED) is 0.651. The van der Waals surface area contributed by atoms with Gasteiger partial charge in [0, 0.05) is 30.4 Å². The maximum absolute atomic E-state index is 12.5. The molecule has 0 spiro atoms. The summed E-state index contributed by atoms with van der Waals surface area (Å²) in [4.78, 5) is 16.8. The highest BCUT2D eigenvalue weighted by Gasteiger charge is 2.21. The van der Waals surface area contributed by atoms with Crippen LogP contribution in [0.3, 0.4) is 0 Å². The molecule has 1 N–H and O–H groups in total. The summed E-state index contributed by atoms with van der Waals surface area (Å²) in [5, 5.41) is 8.57. The molecule has 2 aromatic heterocycles. The Labute approximate surface area is 164 Å². The van der Waals surface area contributed by atoms with Gasteiger partial charge in [0.05, 0.1) is 17.1 Å². The number of benzene rings is 1. The van der Waals surface area contributed by atoms with Crippen LogP contribution in [-0.4, -0.2) is 31.0 Å². The van der Waals surface area contributed by atoms with E-state index in [0.29, 0.717) is 11.6 Å². The number of para-hydroxylation sites is 1. The molecule has 7 heteroatoms. The van der Waals surface area contributed by atoms with Crippen molar-refractivity contribution in [3.8, 4) is 5.69 Å². The van der Waals surface area contributed by atoms with Gasteiger partial charge in [0.2, 0.25) is 5.91 Å². The first kappa shape index (κ1) is 19.2. The SMILES string of the molecule is CCn1ccnc1SCC(=O)Nc1cc(C(C)(C)C)nn1-c1ccccc1. The zero-order valence-electron chi connectivity index (χ0n) is 16.1. The molecule has 0 aliphatic carbocycles. The van der Waals surface area contributed by atoms with Crippen molar-refractivity contribution in [1.82, 2.24) is 19.3 Å². The maximum Gasteiger partial charge on any atom is 0.236 e. The summed E-state index contributed by atoms with van der Waals surface area (Å²) < 4.78 is 3.81. The van der Waals surface area contributed by atoms with E-state index in [-0.39, 0.29) is 11.3 Å². The zero-order chi connectivity index (χ0) is 19.4. The van der Waals surface area contributed by atoms with Crippen molar-refractivity contribution >= 4 is 23.5 Å². The summed E-state index contributed by atoms with van der Waals surface area (Å²) in [6.45, 7) is 9.21. The van der Waals surface area contributed by atoms with Crippen LogP contribution < -0.4 is 5.32 Å². The number of anilines is 1. The topological polar surface area (TPSA) is 64.7 Å². The number of nitrogens with one attached hydrogen (secondary N) is 1. The fourth-order valence-electron chi connectivity index (χ4n) is 2.59. The zero-order valence-corrected chi connectivity index (χ0v) is 17.0. The van der Waals surface area contributed by atoms with Crippen LogP contribution >= 0.6 is 11.8 Å². The number of hydrogen-bond acceptors (Lipinski definition) is 4. The first-order valence-corrected chi connectivity index (χ1v) is 9.97. The van der Waals surface area contributed by atoms with E-state index >= 15 is 0 Å². The van der Waals surface area contributed by atoms with Crippen LogP contribution in [-0.2, 0) is 16.8 Å². The van der Waals surface area contributed by atoms with Gasteiger partial charge in [-0.25, -0.2) is 9.67 Å². The number of amides is 1. The molecule has 27 heavy (non-hydrogen) atoms. The van der Waals surface area contributed by atoms with Crippen LogP contribution in [0.5, 0.6) is 0 Å². The van der Waals surface area contributed by atoms with Crippen molar-refractivity contribution in [3.63, 3.8) is 0 Å². The van der Waals surface area contributed by atoms with E-state index in [0.717, 1.165) is 23.1 Å². The highest BCUT2D eigenvalue weighted by atomic mass is 32.2. The standard InChI is InChI=1S/C20H25N5OS/c1-5-24-12-11-21-19(24)27-14-18(26)22-17-13-16(20(2,3)4)23-25(17)15-9-7-6-8-10-15/h6-13H,5,14H2,1-4H3,(H,22,26). The van der Waals surface area contributed by atoms with Crippen molar-refractivity contribution in [3.05, 3.63) is 54.5 Å². The minimum Gasteiger partial charge on any atom is -0.326 e. The molecule has 1 aromatic carbocycles.